The van der Waals surface area contributed by atoms with Crippen molar-refractivity contribution in [2.45, 2.75) is 50.5 Å². The quantitative estimate of drug-likeness (QED) is 0.705. The first kappa shape index (κ1) is 10.3. The first-order chi connectivity index (χ1) is 7.70. The lowest BCUT2D eigenvalue weighted by Gasteiger charge is -2.27. The fraction of sp³-hybridized carbons (Fsp3) is 0.667. The molecule has 0 aromatic carbocycles. The van der Waals surface area contributed by atoms with Crippen molar-refractivity contribution in [1.29, 1.82) is 0 Å². The minimum absolute atomic E-state index is 0.0419. The van der Waals surface area contributed by atoms with Gasteiger partial charge < -0.3 is 4.74 Å². The van der Waals surface area contributed by atoms with E-state index in [1.54, 1.807) is 11.3 Å². The van der Waals surface area contributed by atoms with E-state index in [2.05, 4.69) is 11.9 Å². The largest absolute Gasteiger partial charge is 0.458 e. The Balaban J connectivity index is 1.96. The Morgan fingerprint density at radius 3 is 2.88 bits per heavy atom. The smallest absolute Gasteiger partial charge is 0.307 e. The zero-order chi connectivity index (χ0) is 11.2. The topological polar surface area (TPSA) is 39.2 Å². The number of ether oxygens (including phenoxy) is 1. The molecule has 1 saturated heterocycles. The third-order valence-electron chi connectivity index (χ3n) is 3.71. The summed E-state index contributed by atoms with van der Waals surface area (Å²) in [6.07, 6.45) is 6.80. The van der Waals surface area contributed by atoms with Crippen LogP contribution in [0.25, 0.3) is 0 Å². The molecule has 2 aliphatic rings. The fourth-order valence-electron chi connectivity index (χ4n) is 2.96. The van der Waals surface area contributed by atoms with E-state index in [1.165, 1.54) is 17.7 Å². The summed E-state index contributed by atoms with van der Waals surface area (Å²) in [6.45, 7) is 2.06. The van der Waals surface area contributed by atoms with Gasteiger partial charge in [0.2, 0.25) is 0 Å². The summed E-state index contributed by atoms with van der Waals surface area (Å²) in [7, 11) is 0. The molecule has 1 aromatic rings. The predicted molar refractivity (Wildman–Crippen MR) is 61.5 cm³/mol. The first-order valence-electron chi connectivity index (χ1n) is 5.84. The fourth-order valence-corrected chi connectivity index (χ4v) is 3.94. The van der Waals surface area contributed by atoms with Gasteiger partial charge in [-0.2, -0.15) is 0 Å². The Bertz CT molecular complexity index is 420. The number of nitrogens with zero attached hydrogens (tertiary/aromatic N) is 1. The number of rotatable bonds is 1. The monoisotopic (exact) mass is 237 g/mol. The molecule has 16 heavy (non-hydrogen) atoms. The number of esters is 1. The van der Waals surface area contributed by atoms with Gasteiger partial charge in [0.05, 0.1) is 12.3 Å². The number of hydrogen-bond donors (Lipinski definition) is 0. The van der Waals surface area contributed by atoms with E-state index in [1.807, 2.05) is 6.20 Å². The second kappa shape index (κ2) is 3.55. The van der Waals surface area contributed by atoms with Crippen LogP contribution in [0.15, 0.2) is 6.20 Å². The third-order valence-corrected chi connectivity index (χ3v) is 4.74. The van der Waals surface area contributed by atoms with Crippen LogP contribution in [-0.4, -0.2) is 16.6 Å². The van der Waals surface area contributed by atoms with Crippen LogP contribution in [0.4, 0.5) is 0 Å². The van der Waals surface area contributed by atoms with E-state index in [0.717, 1.165) is 17.8 Å². The number of hydrogen-bond acceptors (Lipinski definition) is 4. The lowest BCUT2D eigenvalue weighted by Crippen LogP contribution is -2.30. The minimum atomic E-state index is -0.207. The maximum Gasteiger partial charge on any atom is 0.307 e. The molecule has 4 heteroatoms. The molecule has 0 amide bonds. The summed E-state index contributed by atoms with van der Waals surface area (Å²) in [4.78, 5) is 17.2. The second-order valence-corrected chi connectivity index (χ2v) is 6.08. The molecule has 1 spiro atoms. The van der Waals surface area contributed by atoms with E-state index < -0.39 is 0 Å². The number of aryl methyl sites for hydroxylation is 1. The maximum absolute atomic E-state index is 11.5. The Kier molecular flexibility index (Phi) is 2.28. The SMILES string of the molecule is Cc1cnc(C2CC(=O)OC23CCCC3)s1. The van der Waals surface area contributed by atoms with Crippen molar-refractivity contribution < 1.29 is 9.53 Å². The normalized spacial score (nSPS) is 27.6. The molecule has 2 fully saturated rings. The zero-order valence-corrected chi connectivity index (χ0v) is 10.2. The highest BCUT2D eigenvalue weighted by Gasteiger charge is 2.52. The van der Waals surface area contributed by atoms with Crippen LogP contribution >= 0.6 is 11.3 Å². The van der Waals surface area contributed by atoms with Gasteiger partial charge in [-0.3, -0.25) is 4.79 Å². The van der Waals surface area contributed by atoms with Crippen molar-refractivity contribution in [2.75, 3.05) is 0 Å². The van der Waals surface area contributed by atoms with Gasteiger partial charge in [-0.15, -0.1) is 11.3 Å². The molecule has 0 radical (unpaired) electrons. The van der Waals surface area contributed by atoms with E-state index in [0.29, 0.717) is 6.42 Å². The number of carbonyl (C=O) groups is 1. The molecule has 86 valence electrons. The van der Waals surface area contributed by atoms with Crippen LogP contribution in [0.2, 0.25) is 0 Å². The van der Waals surface area contributed by atoms with Crippen LogP contribution in [0.3, 0.4) is 0 Å². The summed E-state index contributed by atoms with van der Waals surface area (Å²) in [5, 5.41) is 1.09. The van der Waals surface area contributed by atoms with Crippen LogP contribution in [0.1, 0.15) is 47.9 Å². The van der Waals surface area contributed by atoms with Gasteiger partial charge in [0.1, 0.15) is 10.6 Å². The van der Waals surface area contributed by atoms with Crippen LogP contribution < -0.4 is 0 Å². The predicted octanol–water partition coefficient (Wildman–Crippen LogP) is 2.79. The lowest BCUT2D eigenvalue weighted by atomic mass is 9.86. The Hall–Kier alpha value is -0.900. The van der Waals surface area contributed by atoms with E-state index in [4.69, 9.17) is 4.74 Å². The molecular formula is C12H15NO2S. The van der Waals surface area contributed by atoms with Gasteiger partial charge >= 0.3 is 5.97 Å². The Morgan fingerprint density at radius 1 is 1.50 bits per heavy atom. The molecule has 1 atom stereocenters. The summed E-state index contributed by atoms with van der Waals surface area (Å²) >= 11 is 1.70. The molecule has 3 rings (SSSR count). The van der Waals surface area contributed by atoms with Gasteiger partial charge in [-0.05, 0) is 32.6 Å². The van der Waals surface area contributed by atoms with Crippen molar-refractivity contribution in [3.63, 3.8) is 0 Å². The van der Waals surface area contributed by atoms with Gasteiger partial charge in [0, 0.05) is 11.1 Å². The van der Waals surface area contributed by atoms with Gasteiger partial charge in [-0.1, -0.05) is 0 Å². The summed E-state index contributed by atoms with van der Waals surface area (Å²) in [6, 6.07) is 0. The Labute approximate surface area is 98.8 Å². The van der Waals surface area contributed by atoms with Crippen molar-refractivity contribution in [3.05, 3.63) is 16.1 Å². The molecule has 1 aliphatic carbocycles. The van der Waals surface area contributed by atoms with Crippen LogP contribution in [-0.2, 0) is 9.53 Å². The van der Waals surface area contributed by atoms with Crippen molar-refractivity contribution in [2.24, 2.45) is 0 Å². The molecule has 1 saturated carbocycles. The average molecular weight is 237 g/mol. The van der Waals surface area contributed by atoms with Crippen molar-refractivity contribution >= 4 is 17.3 Å². The van der Waals surface area contributed by atoms with Crippen LogP contribution in [0, 0.1) is 6.92 Å². The Morgan fingerprint density at radius 2 is 2.25 bits per heavy atom. The van der Waals surface area contributed by atoms with Crippen molar-refractivity contribution in [1.82, 2.24) is 4.98 Å². The first-order valence-corrected chi connectivity index (χ1v) is 6.65. The maximum atomic E-state index is 11.5. The standard InChI is InChI=1S/C12H15NO2S/c1-8-7-13-11(16-8)9-6-10(14)15-12(9)4-2-3-5-12/h7,9H,2-6H2,1H3. The van der Waals surface area contributed by atoms with Crippen molar-refractivity contribution in [3.8, 4) is 0 Å². The molecule has 0 N–H and O–H groups in total. The van der Waals surface area contributed by atoms with Crippen LogP contribution in [0.5, 0.6) is 0 Å². The highest BCUT2D eigenvalue weighted by Crippen LogP contribution is 2.50. The molecule has 2 heterocycles. The number of aromatic nitrogens is 1. The summed E-state index contributed by atoms with van der Waals surface area (Å²) in [5.74, 6) is 0.168. The number of carbonyl (C=O) groups excluding carboxylic acids is 1. The van der Waals surface area contributed by atoms with E-state index in [-0.39, 0.29) is 17.5 Å². The minimum Gasteiger partial charge on any atom is -0.458 e. The molecule has 1 unspecified atom stereocenters. The zero-order valence-electron chi connectivity index (χ0n) is 9.36. The molecule has 3 nitrogen and oxygen atoms in total. The van der Waals surface area contributed by atoms with E-state index in [9.17, 15) is 4.79 Å². The summed E-state index contributed by atoms with van der Waals surface area (Å²) < 4.78 is 5.61. The van der Waals surface area contributed by atoms with Gasteiger partial charge in [0.15, 0.2) is 0 Å². The number of thiazole rings is 1. The molecule has 1 aliphatic heterocycles. The van der Waals surface area contributed by atoms with Gasteiger partial charge in [0.25, 0.3) is 0 Å². The van der Waals surface area contributed by atoms with Gasteiger partial charge in [-0.25, -0.2) is 4.98 Å². The summed E-state index contributed by atoms with van der Waals surface area (Å²) in [5.41, 5.74) is -0.207. The molecular weight excluding hydrogens is 222 g/mol. The molecule has 0 bridgehead atoms. The third kappa shape index (κ3) is 1.47. The van der Waals surface area contributed by atoms with E-state index >= 15 is 0 Å². The lowest BCUT2D eigenvalue weighted by molar-refractivity contribution is -0.148. The molecule has 1 aromatic heterocycles. The average Bonchev–Trinajstić information content (AvgIpc) is 2.90. The second-order valence-electron chi connectivity index (χ2n) is 4.81. The highest BCUT2D eigenvalue weighted by atomic mass is 32.1. The highest BCUT2D eigenvalue weighted by molar-refractivity contribution is 7.11.